The first-order valence-electron chi connectivity index (χ1n) is 7.59. The molecule has 1 aliphatic heterocycles. The molecule has 0 amide bonds. The van der Waals surface area contributed by atoms with E-state index in [1.807, 2.05) is 42.5 Å². The van der Waals surface area contributed by atoms with Crippen molar-refractivity contribution < 1.29 is 5.21 Å². The molecule has 2 heterocycles. The van der Waals surface area contributed by atoms with Crippen molar-refractivity contribution in [3.63, 3.8) is 0 Å². The molecule has 1 atom stereocenters. The van der Waals surface area contributed by atoms with Crippen LogP contribution in [0.15, 0.2) is 65.8 Å². The van der Waals surface area contributed by atoms with Crippen molar-refractivity contribution in [3.8, 4) is 11.4 Å². The average molecular weight is 352 g/mol. The lowest BCUT2D eigenvalue weighted by molar-refractivity contribution is 0.296. The largest absolute Gasteiger partial charge is 0.733 e. The normalized spacial score (nSPS) is 16.0. The molecule has 1 aliphatic rings. The van der Waals surface area contributed by atoms with E-state index in [4.69, 9.17) is 5.21 Å². The summed E-state index contributed by atoms with van der Waals surface area (Å²) in [5.74, 6) is 0.585. The number of anilines is 1. The molecule has 126 valence electrons. The van der Waals surface area contributed by atoms with Gasteiger partial charge in [-0.1, -0.05) is 60.3 Å². The molecular weight excluding hydrogens is 338 g/mol. The number of hydrogen-bond donors (Lipinski definition) is 2. The quantitative estimate of drug-likeness (QED) is 0.696. The third-order valence-electron chi connectivity index (χ3n) is 3.71. The standard InChI is InChI=1S/C17H14N5O2S/c23-22(24)14-8-4-7-13(11-14)16-18-19-17-21(16)20-15(25-17)10-9-12-5-2-1-3-6-12/h1-11,15,20,23H/q-1. The highest BCUT2D eigenvalue weighted by Crippen LogP contribution is 2.32. The fourth-order valence-electron chi connectivity index (χ4n) is 2.53. The Bertz CT molecular complexity index is 910. The first-order chi connectivity index (χ1) is 12.2. The summed E-state index contributed by atoms with van der Waals surface area (Å²) in [6.07, 6.45) is 4.11. The molecule has 1 unspecified atom stereocenters. The van der Waals surface area contributed by atoms with Crippen LogP contribution in [-0.2, 0) is 0 Å². The summed E-state index contributed by atoms with van der Waals surface area (Å²) in [6, 6.07) is 16.6. The number of hydrogen-bond acceptors (Lipinski definition) is 7. The highest BCUT2D eigenvalue weighted by molar-refractivity contribution is 8.00. The molecule has 0 spiro atoms. The lowest BCUT2D eigenvalue weighted by atomic mass is 10.2. The molecule has 7 nitrogen and oxygen atoms in total. The second kappa shape index (κ2) is 6.60. The Labute approximate surface area is 148 Å². The first kappa shape index (κ1) is 15.7. The van der Waals surface area contributed by atoms with Crippen LogP contribution in [-0.4, -0.2) is 25.5 Å². The molecule has 0 saturated heterocycles. The SMILES string of the molecule is [O-]N(O)c1cccc(-c2nnc3n2NC(C=Cc2ccccc2)S3)c1. The molecule has 4 rings (SSSR count). The van der Waals surface area contributed by atoms with Gasteiger partial charge in [0.2, 0.25) is 5.16 Å². The van der Waals surface area contributed by atoms with Crippen molar-refractivity contribution in [1.82, 2.24) is 14.9 Å². The summed E-state index contributed by atoms with van der Waals surface area (Å²) in [5, 5.41) is 29.1. The average Bonchev–Trinajstić information content (AvgIpc) is 3.21. The Kier molecular flexibility index (Phi) is 4.14. The summed E-state index contributed by atoms with van der Waals surface area (Å²) >= 11 is 1.55. The number of thioether (sulfide) groups is 1. The Morgan fingerprint density at radius 1 is 1.16 bits per heavy atom. The summed E-state index contributed by atoms with van der Waals surface area (Å²) < 4.78 is 1.79. The van der Waals surface area contributed by atoms with Gasteiger partial charge < -0.3 is 15.9 Å². The zero-order chi connectivity index (χ0) is 17.2. The summed E-state index contributed by atoms with van der Waals surface area (Å²) in [4.78, 5) is 0. The minimum atomic E-state index is -0.168. The molecule has 0 bridgehead atoms. The first-order valence-corrected chi connectivity index (χ1v) is 8.47. The smallest absolute Gasteiger partial charge is 0.212 e. The fourth-order valence-corrected chi connectivity index (χ4v) is 3.40. The van der Waals surface area contributed by atoms with Crippen molar-refractivity contribution in [2.24, 2.45) is 0 Å². The number of nitrogens with zero attached hydrogens (tertiary/aromatic N) is 4. The van der Waals surface area contributed by atoms with Crippen LogP contribution in [0, 0.1) is 5.21 Å². The molecule has 1 aromatic heterocycles. The summed E-state index contributed by atoms with van der Waals surface area (Å²) in [5.41, 5.74) is 5.26. The number of fused-ring (bicyclic) bond motifs is 1. The molecule has 25 heavy (non-hydrogen) atoms. The third kappa shape index (κ3) is 3.22. The van der Waals surface area contributed by atoms with Gasteiger partial charge in [0.05, 0.1) is 5.69 Å². The molecule has 0 saturated carbocycles. The van der Waals surface area contributed by atoms with Crippen LogP contribution in [0.2, 0.25) is 0 Å². The Hall–Kier alpha value is -2.81. The number of rotatable bonds is 4. The monoisotopic (exact) mass is 352 g/mol. The van der Waals surface area contributed by atoms with Crippen LogP contribution in [0.4, 0.5) is 5.69 Å². The summed E-state index contributed by atoms with van der Waals surface area (Å²) in [6.45, 7) is 0. The maximum absolute atomic E-state index is 11.1. The highest BCUT2D eigenvalue weighted by Gasteiger charge is 2.25. The minimum absolute atomic E-state index is 0.0292. The van der Waals surface area contributed by atoms with Gasteiger partial charge in [0.25, 0.3) is 0 Å². The van der Waals surface area contributed by atoms with Crippen molar-refractivity contribution in [1.29, 1.82) is 0 Å². The second-order valence-corrected chi connectivity index (χ2v) is 6.51. The number of aromatic nitrogens is 3. The van der Waals surface area contributed by atoms with Crippen molar-refractivity contribution in [2.75, 3.05) is 10.7 Å². The van der Waals surface area contributed by atoms with E-state index in [0.717, 1.165) is 10.7 Å². The zero-order valence-electron chi connectivity index (χ0n) is 13.0. The van der Waals surface area contributed by atoms with E-state index < -0.39 is 0 Å². The molecule has 0 fully saturated rings. The van der Waals surface area contributed by atoms with Crippen LogP contribution in [0.1, 0.15) is 5.56 Å². The van der Waals surface area contributed by atoms with Gasteiger partial charge in [0.15, 0.2) is 5.82 Å². The zero-order valence-corrected chi connectivity index (χ0v) is 13.8. The molecule has 0 radical (unpaired) electrons. The maximum atomic E-state index is 11.1. The molecule has 8 heteroatoms. The van der Waals surface area contributed by atoms with E-state index >= 15 is 0 Å². The number of nitrogens with one attached hydrogen (secondary N) is 1. The van der Waals surface area contributed by atoms with Gasteiger partial charge >= 0.3 is 0 Å². The minimum Gasteiger partial charge on any atom is -0.733 e. The van der Waals surface area contributed by atoms with Gasteiger partial charge in [-0.3, -0.25) is 5.21 Å². The molecule has 0 aliphatic carbocycles. The lowest BCUT2D eigenvalue weighted by Crippen LogP contribution is -2.17. The van der Waals surface area contributed by atoms with E-state index in [2.05, 4.69) is 21.7 Å². The molecule has 2 N–H and O–H groups in total. The third-order valence-corrected chi connectivity index (χ3v) is 4.70. The van der Waals surface area contributed by atoms with Crippen LogP contribution in [0.25, 0.3) is 17.5 Å². The fraction of sp³-hybridized carbons (Fsp3) is 0.0588. The Morgan fingerprint density at radius 3 is 2.80 bits per heavy atom. The molecule has 3 aromatic rings. The molecule has 2 aromatic carbocycles. The van der Waals surface area contributed by atoms with E-state index in [0.29, 0.717) is 11.4 Å². The second-order valence-electron chi connectivity index (χ2n) is 5.40. The van der Waals surface area contributed by atoms with Gasteiger partial charge in [0.1, 0.15) is 5.37 Å². The van der Waals surface area contributed by atoms with E-state index in [-0.39, 0.29) is 16.3 Å². The van der Waals surface area contributed by atoms with Crippen LogP contribution in [0.5, 0.6) is 0 Å². The van der Waals surface area contributed by atoms with Gasteiger partial charge in [-0.2, -0.15) is 0 Å². The topological polar surface area (TPSA) is 89.3 Å². The Balaban J connectivity index is 1.56. The van der Waals surface area contributed by atoms with Gasteiger partial charge in [-0.05, 0) is 23.8 Å². The predicted molar refractivity (Wildman–Crippen MR) is 97.6 cm³/mol. The Morgan fingerprint density at radius 2 is 2.00 bits per heavy atom. The van der Waals surface area contributed by atoms with Crippen LogP contribution in [0.3, 0.4) is 0 Å². The lowest BCUT2D eigenvalue weighted by Gasteiger charge is -2.21. The van der Waals surface area contributed by atoms with E-state index in [9.17, 15) is 5.21 Å². The van der Waals surface area contributed by atoms with Gasteiger partial charge in [-0.25, -0.2) is 4.68 Å². The highest BCUT2D eigenvalue weighted by atomic mass is 32.2. The van der Waals surface area contributed by atoms with E-state index in [1.54, 1.807) is 28.6 Å². The summed E-state index contributed by atoms with van der Waals surface area (Å²) in [7, 11) is 0. The van der Waals surface area contributed by atoms with Crippen LogP contribution >= 0.6 is 11.8 Å². The van der Waals surface area contributed by atoms with Crippen LogP contribution < -0.4 is 10.7 Å². The molecular formula is C17H14N5O2S-. The van der Waals surface area contributed by atoms with Crippen molar-refractivity contribution >= 4 is 23.5 Å². The van der Waals surface area contributed by atoms with Crippen molar-refractivity contribution in [3.05, 3.63) is 71.4 Å². The number of benzene rings is 2. The van der Waals surface area contributed by atoms with Crippen molar-refractivity contribution in [2.45, 2.75) is 10.5 Å². The maximum Gasteiger partial charge on any atom is 0.212 e. The van der Waals surface area contributed by atoms with Gasteiger partial charge in [0, 0.05) is 5.56 Å². The van der Waals surface area contributed by atoms with E-state index in [1.165, 1.54) is 6.07 Å². The van der Waals surface area contributed by atoms with Gasteiger partial charge in [-0.15, -0.1) is 10.2 Å². The predicted octanol–water partition coefficient (Wildman–Crippen LogP) is 3.33.